The van der Waals surface area contributed by atoms with Crippen molar-refractivity contribution in [1.29, 1.82) is 0 Å². The standard InChI is InChI=1S/C13H11BrN2O3S/c1-6-7(2)20-12(10(6)13(18)19)16-11(17)9-4-3-8(14)5-15-9/h3-5H,1-2H3,(H,16,17)(H,18,19). The molecular weight excluding hydrogens is 344 g/mol. The van der Waals surface area contributed by atoms with Gasteiger partial charge in [-0.25, -0.2) is 9.78 Å². The maximum absolute atomic E-state index is 12.0. The summed E-state index contributed by atoms with van der Waals surface area (Å²) in [5.74, 6) is -1.48. The molecule has 0 unspecified atom stereocenters. The molecule has 0 atom stereocenters. The zero-order valence-electron chi connectivity index (χ0n) is 10.7. The summed E-state index contributed by atoms with van der Waals surface area (Å²) < 4.78 is 0.767. The predicted molar refractivity (Wildman–Crippen MR) is 80.6 cm³/mol. The van der Waals surface area contributed by atoms with Crippen molar-refractivity contribution in [3.63, 3.8) is 0 Å². The largest absolute Gasteiger partial charge is 0.478 e. The van der Waals surface area contributed by atoms with Gasteiger partial charge in [-0.1, -0.05) is 0 Å². The van der Waals surface area contributed by atoms with E-state index in [0.717, 1.165) is 9.35 Å². The van der Waals surface area contributed by atoms with Crippen LogP contribution in [0.2, 0.25) is 0 Å². The lowest BCUT2D eigenvalue weighted by Crippen LogP contribution is -2.14. The lowest BCUT2D eigenvalue weighted by molar-refractivity contribution is 0.0697. The van der Waals surface area contributed by atoms with Crippen LogP contribution in [0.25, 0.3) is 0 Å². The first-order valence-corrected chi connectivity index (χ1v) is 7.27. The van der Waals surface area contributed by atoms with Crippen molar-refractivity contribution in [2.24, 2.45) is 0 Å². The zero-order valence-corrected chi connectivity index (χ0v) is 13.1. The molecule has 7 heteroatoms. The molecule has 0 radical (unpaired) electrons. The second-order valence-corrected chi connectivity index (χ2v) is 6.25. The van der Waals surface area contributed by atoms with Crippen molar-refractivity contribution < 1.29 is 14.7 Å². The highest BCUT2D eigenvalue weighted by Crippen LogP contribution is 2.32. The summed E-state index contributed by atoms with van der Waals surface area (Å²) in [6, 6.07) is 3.26. The SMILES string of the molecule is Cc1sc(NC(=O)c2ccc(Br)cn2)c(C(=O)O)c1C. The Labute approximate surface area is 127 Å². The zero-order chi connectivity index (χ0) is 14.9. The van der Waals surface area contributed by atoms with Crippen LogP contribution in [-0.2, 0) is 0 Å². The molecular formula is C13H11BrN2O3S. The molecule has 0 aliphatic rings. The number of pyridine rings is 1. The Balaban J connectivity index is 2.30. The molecule has 5 nitrogen and oxygen atoms in total. The summed E-state index contributed by atoms with van der Waals surface area (Å²) in [5, 5.41) is 12.2. The number of hydrogen-bond donors (Lipinski definition) is 2. The molecule has 0 spiro atoms. The summed E-state index contributed by atoms with van der Waals surface area (Å²) in [4.78, 5) is 28.1. The number of aromatic carboxylic acids is 1. The molecule has 0 aliphatic carbocycles. The Hall–Kier alpha value is -1.73. The van der Waals surface area contributed by atoms with E-state index in [1.807, 2.05) is 6.92 Å². The minimum atomic E-state index is -1.05. The lowest BCUT2D eigenvalue weighted by Gasteiger charge is -2.04. The van der Waals surface area contributed by atoms with Crippen molar-refractivity contribution in [3.8, 4) is 0 Å². The molecule has 0 aromatic carbocycles. The average molecular weight is 355 g/mol. The molecule has 104 valence electrons. The van der Waals surface area contributed by atoms with Gasteiger partial charge in [0.15, 0.2) is 0 Å². The molecule has 0 saturated carbocycles. The second kappa shape index (κ2) is 5.72. The maximum atomic E-state index is 12.0. The average Bonchev–Trinajstić information content (AvgIpc) is 2.65. The van der Waals surface area contributed by atoms with Gasteiger partial charge in [0.1, 0.15) is 10.7 Å². The molecule has 2 heterocycles. The summed E-state index contributed by atoms with van der Waals surface area (Å²) in [7, 11) is 0. The van der Waals surface area contributed by atoms with Gasteiger partial charge >= 0.3 is 5.97 Å². The molecule has 0 aliphatic heterocycles. The van der Waals surface area contributed by atoms with E-state index in [-0.39, 0.29) is 11.3 Å². The summed E-state index contributed by atoms with van der Waals surface area (Å²) in [6.07, 6.45) is 1.51. The fourth-order valence-corrected chi connectivity index (χ4v) is 2.93. The smallest absolute Gasteiger partial charge is 0.338 e. The third kappa shape index (κ3) is 2.88. The Bertz CT molecular complexity index is 680. The van der Waals surface area contributed by atoms with Gasteiger partial charge in [0.05, 0.1) is 5.56 Å². The van der Waals surface area contributed by atoms with Crippen LogP contribution in [0.5, 0.6) is 0 Å². The molecule has 0 saturated heterocycles. The Morgan fingerprint density at radius 1 is 1.35 bits per heavy atom. The number of aryl methyl sites for hydroxylation is 1. The van der Waals surface area contributed by atoms with E-state index in [9.17, 15) is 14.7 Å². The number of hydrogen-bond acceptors (Lipinski definition) is 4. The normalized spacial score (nSPS) is 10.3. The van der Waals surface area contributed by atoms with Gasteiger partial charge in [-0.05, 0) is 47.5 Å². The second-order valence-electron chi connectivity index (χ2n) is 4.11. The van der Waals surface area contributed by atoms with Gasteiger partial charge in [0, 0.05) is 15.5 Å². The van der Waals surface area contributed by atoms with Gasteiger partial charge in [0.25, 0.3) is 5.91 Å². The molecule has 0 fully saturated rings. The van der Waals surface area contributed by atoms with Gasteiger partial charge in [-0.15, -0.1) is 11.3 Å². The highest BCUT2D eigenvalue weighted by atomic mass is 79.9. The number of amides is 1. The summed E-state index contributed by atoms with van der Waals surface area (Å²) in [5.41, 5.74) is 1.03. The predicted octanol–water partition coefficient (Wildman–Crippen LogP) is 3.47. The number of carbonyl (C=O) groups excluding carboxylic acids is 1. The van der Waals surface area contributed by atoms with Gasteiger partial charge in [-0.3, -0.25) is 4.79 Å². The van der Waals surface area contributed by atoms with Crippen molar-refractivity contribution in [2.75, 3.05) is 5.32 Å². The van der Waals surface area contributed by atoms with Crippen molar-refractivity contribution in [1.82, 2.24) is 4.98 Å². The van der Waals surface area contributed by atoms with Crippen LogP contribution in [0.3, 0.4) is 0 Å². The molecule has 1 amide bonds. The maximum Gasteiger partial charge on any atom is 0.338 e. The van der Waals surface area contributed by atoms with E-state index < -0.39 is 11.9 Å². The highest BCUT2D eigenvalue weighted by Gasteiger charge is 2.21. The molecule has 2 aromatic heterocycles. The number of carboxylic acid groups (broad SMARTS) is 1. The van der Waals surface area contributed by atoms with Crippen LogP contribution < -0.4 is 5.32 Å². The summed E-state index contributed by atoms with van der Waals surface area (Å²) >= 11 is 4.48. The van der Waals surface area contributed by atoms with Crippen LogP contribution in [0.1, 0.15) is 31.3 Å². The molecule has 2 rings (SSSR count). The topological polar surface area (TPSA) is 79.3 Å². The van der Waals surface area contributed by atoms with E-state index in [2.05, 4.69) is 26.2 Å². The minimum absolute atomic E-state index is 0.137. The third-order valence-corrected chi connectivity index (χ3v) is 4.38. The number of carbonyl (C=O) groups is 2. The summed E-state index contributed by atoms with van der Waals surface area (Å²) in [6.45, 7) is 3.54. The van der Waals surface area contributed by atoms with E-state index in [1.165, 1.54) is 17.5 Å². The number of thiophene rings is 1. The highest BCUT2D eigenvalue weighted by molar-refractivity contribution is 9.10. The van der Waals surface area contributed by atoms with Gasteiger partial charge in [-0.2, -0.15) is 0 Å². The Morgan fingerprint density at radius 2 is 2.05 bits per heavy atom. The van der Waals surface area contributed by atoms with Crippen molar-refractivity contribution in [2.45, 2.75) is 13.8 Å². The number of rotatable bonds is 3. The molecule has 20 heavy (non-hydrogen) atoms. The quantitative estimate of drug-likeness (QED) is 0.884. The number of nitrogens with one attached hydrogen (secondary N) is 1. The van der Waals surface area contributed by atoms with Crippen LogP contribution in [0, 0.1) is 13.8 Å². The fraction of sp³-hybridized carbons (Fsp3) is 0.154. The number of nitrogens with zero attached hydrogens (tertiary/aromatic N) is 1. The number of aromatic nitrogens is 1. The number of anilines is 1. The van der Waals surface area contributed by atoms with Crippen LogP contribution in [-0.4, -0.2) is 22.0 Å². The van der Waals surface area contributed by atoms with Crippen molar-refractivity contribution >= 4 is 44.1 Å². The molecule has 2 N–H and O–H groups in total. The van der Waals surface area contributed by atoms with Crippen molar-refractivity contribution in [3.05, 3.63) is 44.5 Å². The fourth-order valence-electron chi connectivity index (χ4n) is 1.65. The first-order valence-electron chi connectivity index (χ1n) is 5.66. The monoisotopic (exact) mass is 354 g/mol. The van der Waals surface area contributed by atoms with Crippen LogP contribution in [0.4, 0.5) is 5.00 Å². The first-order chi connectivity index (χ1) is 9.40. The van der Waals surface area contributed by atoms with Gasteiger partial charge in [0.2, 0.25) is 0 Å². The van der Waals surface area contributed by atoms with Crippen LogP contribution >= 0.6 is 27.3 Å². The molecule has 0 bridgehead atoms. The molecule has 2 aromatic rings. The number of halogens is 1. The van der Waals surface area contributed by atoms with Gasteiger partial charge < -0.3 is 10.4 Å². The number of carboxylic acids is 1. The minimum Gasteiger partial charge on any atom is -0.478 e. The Morgan fingerprint density at radius 3 is 2.60 bits per heavy atom. The van der Waals surface area contributed by atoms with E-state index in [4.69, 9.17) is 0 Å². The third-order valence-electron chi connectivity index (χ3n) is 2.79. The van der Waals surface area contributed by atoms with E-state index in [1.54, 1.807) is 19.1 Å². The Kier molecular flexibility index (Phi) is 4.20. The van der Waals surface area contributed by atoms with E-state index >= 15 is 0 Å². The first kappa shape index (κ1) is 14.7. The lowest BCUT2D eigenvalue weighted by atomic mass is 10.1. The van der Waals surface area contributed by atoms with E-state index in [0.29, 0.717) is 10.6 Å². The van der Waals surface area contributed by atoms with Crippen LogP contribution in [0.15, 0.2) is 22.8 Å².